The fraction of sp³-hybridized carbons (Fsp3) is 0.700. The van der Waals surface area contributed by atoms with E-state index in [4.69, 9.17) is 0 Å². The van der Waals surface area contributed by atoms with Crippen LogP contribution >= 0.6 is 0 Å². The molecule has 0 saturated heterocycles. The molecule has 1 rings (SSSR count). The molecule has 0 fully saturated rings. The molecule has 0 N–H and O–H groups in total. The van der Waals surface area contributed by atoms with E-state index in [2.05, 4.69) is 5.10 Å². The summed E-state index contributed by atoms with van der Waals surface area (Å²) >= 11 is 0. The van der Waals surface area contributed by atoms with Crippen LogP contribution < -0.4 is 0 Å². The van der Waals surface area contributed by atoms with Crippen molar-refractivity contribution in [2.75, 3.05) is 0 Å². The van der Waals surface area contributed by atoms with Crippen LogP contribution in [0, 0.1) is 10.1 Å². The quantitative estimate of drug-likeness (QED) is 0.572. The van der Waals surface area contributed by atoms with E-state index in [9.17, 15) is 10.1 Å². The zero-order chi connectivity index (χ0) is 12.0. The van der Waals surface area contributed by atoms with Crippen molar-refractivity contribution in [3.05, 3.63) is 21.9 Å². The summed E-state index contributed by atoms with van der Waals surface area (Å²) in [4.78, 5) is 10.1. The zero-order valence-electron chi connectivity index (χ0n) is 10.0. The molecule has 0 bridgehead atoms. The Balaban J connectivity index is 0.000000921. The van der Waals surface area contributed by atoms with Crippen LogP contribution in [0.4, 0.5) is 5.82 Å². The molecule has 1 aromatic rings. The van der Waals surface area contributed by atoms with Crippen molar-refractivity contribution >= 4 is 5.82 Å². The van der Waals surface area contributed by atoms with Crippen LogP contribution in [-0.4, -0.2) is 14.7 Å². The first-order valence-corrected chi connectivity index (χ1v) is 5.28. The highest BCUT2D eigenvalue weighted by Crippen LogP contribution is 2.18. The molecule has 0 amide bonds. The van der Waals surface area contributed by atoms with Crippen LogP contribution in [0.3, 0.4) is 0 Å². The smallest absolute Gasteiger partial charge is 0.358 e. The Hall–Kier alpha value is -1.39. The van der Waals surface area contributed by atoms with Gasteiger partial charge in [-0.3, -0.25) is 0 Å². The Morgan fingerprint density at radius 3 is 2.33 bits per heavy atom. The van der Waals surface area contributed by atoms with E-state index in [0.29, 0.717) is 12.0 Å². The molecule has 0 aliphatic carbocycles. The van der Waals surface area contributed by atoms with Gasteiger partial charge in [0.2, 0.25) is 0 Å². The minimum atomic E-state index is -0.433. The summed E-state index contributed by atoms with van der Waals surface area (Å²) in [5.74, 6) is -0.0174. The second kappa shape index (κ2) is 6.16. The van der Waals surface area contributed by atoms with Crippen molar-refractivity contribution in [3.8, 4) is 0 Å². The average molecular weight is 213 g/mol. The summed E-state index contributed by atoms with van der Waals surface area (Å²) in [6.45, 7) is 9.76. The van der Waals surface area contributed by atoms with Gasteiger partial charge in [-0.2, -0.15) is 4.68 Å². The molecule has 0 aromatic carbocycles. The molecule has 0 unspecified atom stereocenters. The van der Waals surface area contributed by atoms with Gasteiger partial charge in [0, 0.05) is 0 Å². The molecule has 86 valence electrons. The molecule has 0 spiro atoms. The van der Waals surface area contributed by atoms with Crippen molar-refractivity contribution in [3.63, 3.8) is 0 Å². The van der Waals surface area contributed by atoms with Gasteiger partial charge >= 0.3 is 5.82 Å². The molecule has 0 radical (unpaired) electrons. The fourth-order valence-electron chi connectivity index (χ4n) is 1.09. The highest BCUT2D eigenvalue weighted by molar-refractivity contribution is 5.29. The highest BCUT2D eigenvalue weighted by Gasteiger charge is 2.19. The maximum absolute atomic E-state index is 10.5. The summed E-state index contributed by atoms with van der Waals surface area (Å²) in [5, 5.41) is 14.4. The first-order chi connectivity index (χ1) is 7.06. The molecule has 0 aliphatic rings. The van der Waals surface area contributed by atoms with Crippen molar-refractivity contribution in [1.29, 1.82) is 0 Å². The number of aryl methyl sites for hydroxylation is 1. The van der Waals surface area contributed by atoms with Crippen LogP contribution in [0.5, 0.6) is 0 Å². The molecule has 0 aliphatic heterocycles. The second-order valence-corrected chi connectivity index (χ2v) is 3.16. The van der Waals surface area contributed by atoms with Gasteiger partial charge in [0.15, 0.2) is 0 Å². The van der Waals surface area contributed by atoms with Crippen LogP contribution in [-0.2, 0) is 6.42 Å². The fourth-order valence-corrected chi connectivity index (χ4v) is 1.09. The SMILES string of the molecule is CC.CCc1cn(C(C)C)nc1[N+](=O)[O-]. The maximum atomic E-state index is 10.5. The monoisotopic (exact) mass is 213 g/mol. The largest absolute Gasteiger partial charge is 0.393 e. The maximum Gasteiger partial charge on any atom is 0.393 e. The Bertz CT molecular complexity index is 318. The Morgan fingerprint density at radius 2 is 2.07 bits per heavy atom. The predicted molar refractivity (Wildman–Crippen MR) is 60.0 cm³/mol. The van der Waals surface area contributed by atoms with Gasteiger partial charge in [0.05, 0.1) is 22.9 Å². The van der Waals surface area contributed by atoms with Crippen LogP contribution in [0.2, 0.25) is 0 Å². The lowest BCUT2D eigenvalue weighted by atomic mass is 10.2. The Labute approximate surface area is 90.3 Å². The molecule has 0 atom stereocenters. The first kappa shape index (κ1) is 13.6. The van der Waals surface area contributed by atoms with Gasteiger partial charge in [-0.05, 0) is 25.2 Å². The van der Waals surface area contributed by atoms with E-state index in [-0.39, 0.29) is 11.9 Å². The summed E-state index contributed by atoms with van der Waals surface area (Å²) < 4.78 is 1.62. The van der Waals surface area contributed by atoms with E-state index in [1.54, 1.807) is 10.9 Å². The summed E-state index contributed by atoms with van der Waals surface area (Å²) in [7, 11) is 0. The predicted octanol–water partition coefficient (Wildman–Crippen LogP) is 2.96. The lowest BCUT2D eigenvalue weighted by Crippen LogP contribution is -2.01. The molecule has 15 heavy (non-hydrogen) atoms. The summed E-state index contributed by atoms with van der Waals surface area (Å²) in [5.41, 5.74) is 0.693. The zero-order valence-corrected chi connectivity index (χ0v) is 10.0. The van der Waals surface area contributed by atoms with Gasteiger partial charge in [-0.1, -0.05) is 20.8 Å². The molecule has 5 nitrogen and oxygen atoms in total. The second-order valence-electron chi connectivity index (χ2n) is 3.16. The lowest BCUT2D eigenvalue weighted by Gasteiger charge is -1.96. The van der Waals surface area contributed by atoms with Crippen molar-refractivity contribution in [1.82, 2.24) is 9.78 Å². The van der Waals surface area contributed by atoms with Gasteiger partial charge in [-0.15, -0.1) is 0 Å². The van der Waals surface area contributed by atoms with Crippen LogP contribution in [0.15, 0.2) is 6.20 Å². The molecule has 1 heterocycles. The Kier molecular flexibility index (Phi) is 5.59. The van der Waals surface area contributed by atoms with Gasteiger partial charge < -0.3 is 10.1 Å². The normalized spacial score (nSPS) is 9.73. The molecule has 0 saturated carbocycles. The van der Waals surface area contributed by atoms with Crippen LogP contribution in [0.1, 0.15) is 46.2 Å². The number of aromatic nitrogens is 2. The number of hydrogen-bond donors (Lipinski definition) is 0. The minimum absolute atomic E-state index is 0.0174. The third-order valence-electron chi connectivity index (χ3n) is 1.87. The third kappa shape index (κ3) is 3.34. The number of nitrogens with zero attached hydrogens (tertiary/aromatic N) is 3. The van der Waals surface area contributed by atoms with Crippen molar-refractivity contribution in [2.24, 2.45) is 0 Å². The summed E-state index contributed by atoms with van der Waals surface area (Å²) in [6, 6.07) is 0.166. The van der Waals surface area contributed by atoms with Gasteiger partial charge in [0.1, 0.15) is 0 Å². The van der Waals surface area contributed by atoms with Crippen LogP contribution in [0.25, 0.3) is 0 Å². The minimum Gasteiger partial charge on any atom is -0.358 e. The number of hydrogen-bond acceptors (Lipinski definition) is 3. The average Bonchev–Trinajstić information content (AvgIpc) is 2.64. The van der Waals surface area contributed by atoms with Gasteiger partial charge in [0.25, 0.3) is 0 Å². The first-order valence-electron chi connectivity index (χ1n) is 5.28. The Morgan fingerprint density at radius 1 is 1.53 bits per heavy atom. The van der Waals surface area contributed by atoms with E-state index >= 15 is 0 Å². The van der Waals surface area contributed by atoms with Crippen molar-refractivity contribution < 1.29 is 4.92 Å². The third-order valence-corrected chi connectivity index (χ3v) is 1.87. The lowest BCUT2D eigenvalue weighted by molar-refractivity contribution is -0.390. The van der Waals surface area contributed by atoms with E-state index in [1.165, 1.54) is 0 Å². The molecule has 1 aromatic heterocycles. The van der Waals surface area contributed by atoms with E-state index < -0.39 is 4.92 Å². The summed E-state index contributed by atoms with van der Waals surface area (Å²) in [6.07, 6.45) is 2.38. The highest BCUT2D eigenvalue weighted by atomic mass is 16.6. The van der Waals surface area contributed by atoms with E-state index in [1.807, 2.05) is 34.6 Å². The number of rotatable bonds is 3. The van der Waals surface area contributed by atoms with E-state index in [0.717, 1.165) is 0 Å². The molecular formula is C10H19N3O2. The van der Waals surface area contributed by atoms with Crippen molar-refractivity contribution in [2.45, 2.75) is 47.1 Å². The molecular weight excluding hydrogens is 194 g/mol. The standard InChI is InChI=1S/C8H13N3O2.C2H6/c1-4-7-5-10(6(2)3)9-8(7)11(12)13;1-2/h5-6H,4H2,1-3H3;1-2H3. The number of nitro groups is 1. The molecule has 5 heteroatoms. The van der Waals surface area contributed by atoms with Gasteiger partial charge in [-0.25, -0.2) is 0 Å². The topological polar surface area (TPSA) is 61.0 Å².